The summed E-state index contributed by atoms with van der Waals surface area (Å²) in [4.78, 5) is 12.2. The second-order valence-corrected chi connectivity index (χ2v) is 4.68. The van der Waals surface area contributed by atoms with Gasteiger partial charge in [-0.25, -0.2) is 0 Å². The van der Waals surface area contributed by atoms with Crippen molar-refractivity contribution in [2.24, 2.45) is 11.1 Å². The number of hydrogen-bond acceptors (Lipinski definition) is 4. The molecule has 2 unspecified atom stereocenters. The topological polar surface area (TPSA) is 88.1 Å². The number of carbonyl (C=O) groups excluding carboxylic acids is 1. The second-order valence-electron chi connectivity index (χ2n) is 4.68. The monoisotopic (exact) mass is 245 g/mol. The minimum Gasteiger partial charge on any atom is -0.379 e. The molecule has 2 rings (SSSR count). The van der Waals surface area contributed by atoms with Crippen molar-refractivity contribution in [2.75, 3.05) is 18.5 Å². The fourth-order valence-corrected chi connectivity index (χ4v) is 1.82. The van der Waals surface area contributed by atoms with Crippen molar-refractivity contribution in [2.45, 2.75) is 13.0 Å². The average molecular weight is 245 g/mol. The molecule has 1 amide bonds. The van der Waals surface area contributed by atoms with Crippen molar-refractivity contribution in [1.29, 1.82) is 5.26 Å². The first-order valence-electron chi connectivity index (χ1n) is 5.71. The number of rotatable bonds is 2. The van der Waals surface area contributed by atoms with Crippen LogP contribution in [0.15, 0.2) is 24.3 Å². The zero-order valence-corrected chi connectivity index (χ0v) is 10.1. The van der Waals surface area contributed by atoms with Crippen LogP contribution < -0.4 is 11.1 Å². The van der Waals surface area contributed by atoms with Crippen LogP contribution in [0.5, 0.6) is 0 Å². The molecule has 1 aliphatic heterocycles. The van der Waals surface area contributed by atoms with E-state index in [1.54, 1.807) is 31.2 Å². The summed E-state index contributed by atoms with van der Waals surface area (Å²) in [5.74, 6) is -0.155. The van der Waals surface area contributed by atoms with E-state index in [4.69, 9.17) is 15.7 Å². The van der Waals surface area contributed by atoms with Gasteiger partial charge in [-0.15, -0.1) is 0 Å². The van der Waals surface area contributed by atoms with Crippen LogP contribution in [0.25, 0.3) is 0 Å². The summed E-state index contributed by atoms with van der Waals surface area (Å²) < 4.78 is 5.24. The van der Waals surface area contributed by atoms with Gasteiger partial charge in [0.2, 0.25) is 5.91 Å². The largest absolute Gasteiger partial charge is 0.379 e. The van der Waals surface area contributed by atoms with Gasteiger partial charge >= 0.3 is 0 Å². The smallest absolute Gasteiger partial charge is 0.234 e. The summed E-state index contributed by atoms with van der Waals surface area (Å²) in [6, 6.07) is 8.43. The van der Waals surface area contributed by atoms with Gasteiger partial charge in [-0.2, -0.15) is 5.26 Å². The van der Waals surface area contributed by atoms with Crippen LogP contribution in [-0.2, 0) is 9.53 Å². The van der Waals surface area contributed by atoms with Crippen LogP contribution in [0, 0.1) is 16.7 Å². The van der Waals surface area contributed by atoms with E-state index in [-0.39, 0.29) is 11.9 Å². The maximum absolute atomic E-state index is 12.2. The first-order valence-corrected chi connectivity index (χ1v) is 5.71. The quantitative estimate of drug-likeness (QED) is 0.808. The Labute approximate surface area is 106 Å². The predicted molar refractivity (Wildman–Crippen MR) is 66.7 cm³/mol. The molecule has 5 heteroatoms. The van der Waals surface area contributed by atoms with Gasteiger partial charge in [-0.3, -0.25) is 4.79 Å². The average Bonchev–Trinajstić information content (AvgIpc) is 2.72. The third-order valence-corrected chi connectivity index (χ3v) is 3.31. The van der Waals surface area contributed by atoms with Crippen LogP contribution in [0.3, 0.4) is 0 Å². The van der Waals surface area contributed by atoms with Crippen LogP contribution in [-0.4, -0.2) is 25.2 Å². The summed E-state index contributed by atoms with van der Waals surface area (Å²) >= 11 is 0. The van der Waals surface area contributed by atoms with Gasteiger partial charge in [0.05, 0.1) is 30.3 Å². The van der Waals surface area contributed by atoms with Crippen LogP contribution in [0.4, 0.5) is 5.69 Å². The van der Waals surface area contributed by atoms with Crippen molar-refractivity contribution < 1.29 is 9.53 Å². The molecule has 1 aromatic rings. The number of amides is 1. The van der Waals surface area contributed by atoms with E-state index < -0.39 is 5.41 Å². The molecular formula is C13H15N3O2. The van der Waals surface area contributed by atoms with Gasteiger partial charge in [0.1, 0.15) is 0 Å². The Morgan fingerprint density at radius 3 is 2.72 bits per heavy atom. The highest BCUT2D eigenvalue weighted by atomic mass is 16.5. The highest BCUT2D eigenvalue weighted by Gasteiger charge is 2.44. The Kier molecular flexibility index (Phi) is 3.32. The summed E-state index contributed by atoms with van der Waals surface area (Å²) in [5, 5.41) is 11.5. The number of ether oxygens (including phenoxy) is 1. The lowest BCUT2D eigenvalue weighted by Crippen LogP contribution is -2.47. The molecule has 1 saturated heterocycles. The highest BCUT2D eigenvalue weighted by molar-refractivity contribution is 5.96. The lowest BCUT2D eigenvalue weighted by molar-refractivity contribution is -0.125. The van der Waals surface area contributed by atoms with Crippen LogP contribution >= 0.6 is 0 Å². The van der Waals surface area contributed by atoms with Crippen LogP contribution in [0.2, 0.25) is 0 Å². The molecule has 2 atom stereocenters. The van der Waals surface area contributed by atoms with Gasteiger partial charge in [0.15, 0.2) is 0 Å². The highest BCUT2D eigenvalue weighted by Crippen LogP contribution is 2.28. The van der Waals surface area contributed by atoms with Crippen molar-refractivity contribution in [3.05, 3.63) is 29.8 Å². The zero-order valence-electron chi connectivity index (χ0n) is 10.1. The SMILES string of the molecule is CC1(C(=O)Nc2ccc(C#N)cc2)COCC1N. The number of carbonyl (C=O) groups is 1. The number of hydrogen-bond donors (Lipinski definition) is 2. The van der Waals surface area contributed by atoms with Crippen molar-refractivity contribution in [3.8, 4) is 6.07 Å². The molecule has 1 heterocycles. The van der Waals surface area contributed by atoms with E-state index in [1.807, 2.05) is 6.07 Å². The van der Waals surface area contributed by atoms with Gasteiger partial charge in [-0.1, -0.05) is 0 Å². The minimum atomic E-state index is -0.700. The van der Waals surface area contributed by atoms with Crippen molar-refractivity contribution in [3.63, 3.8) is 0 Å². The molecule has 1 aromatic carbocycles. The molecule has 0 saturated carbocycles. The Morgan fingerprint density at radius 1 is 1.56 bits per heavy atom. The summed E-state index contributed by atoms with van der Waals surface area (Å²) in [7, 11) is 0. The number of nitrogens with zero attached hydrogens (tertiary/aromatic N) is 1. The Morgan fingerprint density at radius 2 is 2.22 bits per heavy atom. The van der Waals surface area contributed by atoms with E-state index in [0.717, 1.165) is 0 Å². The summed E-state index contributed by atoms with van der Waals surface area (Å²) in [5.41, 5.74) is 6.39. The lowest BCUT2D eigenvalue weighted by Gasteiger charge is -2.25. The standard InChI is InChI=1S/C13H15N3O2/c1-13(8-18-7-11(13)15)12(17)16-10-4-2-9(6-14)3-5-10/h2-5,11H,7-8,15H2,1H3,(H,16,17). The molecule has 18 heavy (non-hydrogen) atoms. The van der Waals surface area contributed by atoms with E-state index in [2.05, 4.69) is 5.32 Å². The molecule has 0 bridgehead atoms. The normalized spacial score (nSPS) is 26.6. The van der Waals surface area contributed by atoms with Gasteiger partial charge in [-0.05, 0) is 31.2 Å². The summed E-state index contributed by atoms with van der Waals surface area (Å²) in [6.07, 6.45) is 0. The third kappa shape index (κ3) is 2.21. The molecule has 3 N–H and O–H groups in total. The number of anilines is 1. The second kappa shape index (κ2) is 4.77. The first kappa shape index (κ1) is 12.6. The third-order valence-electron chi connectivity index (χ3n) is 3.31. The fraction of sp³-hybridized carbons (Fsp3) is 0.385. The van der Waals surface area contributed by atoms with Crippen molar-refractivity contribution >= 4 is 11.6 Å². The lowest BCUT2D eigenvalue weighted by atomic mass is 9.85. The number of nitrogens with one attached hydrogen (secondary N) is 1. The molecule has 0 radical (unpaired) electrons. The molecular weight excluding hydrogens is 230 g/mol. The number of nitriles is 1. The van der Waals surface area contributed by atoms with E-state index in [1.165, 1.54) is 0 Å². The van der Waals surface area contributed by atoms with Gasteiger partial charge < -0.3 is 15.8 Å². The number of nitrogens with two attached hydrogens (primary N) is 1. The number of benzene rings is 1. The minimum absolute atomic E-state index is 0.155. The zero-order chi connectivity index (χ0) is 13.2. The fourth-order valence-electron chi connectivity index (χ4n) is 1.82. The van der Waals surface area contributed by atoms with Crippen LogP contribution in [0.1, 0.15) is 12.5 Å². The van der Waals surface area contributed by atoms with Gasteiger partial charge in [0, 0.05) is 11.7 Å². The molecule has 0 aromatic heterocycles. The molecule has 94 valence electrons. The Bertz CT molecular complexity index is 492. The van der Waals surface area contributed by atoms with E-state index >= 15 is 0 Å². The molecule has 1 fully saturated rings. The maximum atomic E-state index is 12.2. The summed E-state index contributed by atoms with van der Waals surface area (Å²) in [6.45, 7) is 2.53. The van der Waals surface area contributed by atoms with Gasteiger partial charge in [0.25, 0.3) is 0 Å². The molecule has 0 spiro atoms. The van der Waals surface area contributed by atoms with Crippen molar-refractivity contribution in [1.82, 2.24) is 0 Å². The Hall–Kier alpha value is -1.90. The molecule has 0 aliphatic carbocycles. The predicted octanol–water partition coefficient (Wildman–Crippen LogP) is 0.861. The van der Waals surface area contributed by atoms with E-state index in [9.17, 15) is 4.79 Å². The Balaban J connectivity index is 2.09. The first-order chi connectivity index (χ1) is 8.56. The molecule has 1 aliphatic rings. The maximum Gasteiger partial charge on any atom is 0.234 e. The van der Waals surface area contributed by atoms with E-state index in [0.29, 0.717) is 24.5 Å². The molecule has 5 nitrogen and oxygen atoms in total.